The van der Waals surface area contributed by atoms with Crippen molar-refractivity contribution in [2.45, 2.75) is 25.3 Å². The van der Waals surface area contributed by atoms with Gasteiger partial charge in [-0.15, -0.1) is 0 Å². The maximum Gasteiger partial charge on any atom is 0.407 e. The van der Waals surface area contributed by atoms with Crippen LogP contribution < -0.4 is 0 Å². The van der Waals surface area contributed by atoms with E-state index in [1.165, 1.54) is 23.3 Å². The minimum absolute atomic E-state index is 0.315. The minimum atomic E-state index is -0.939. The first-order valence-electron chi connectivity index (χ1n) is 6.05. The zero-order chi connectivity index (χ0) is 12.7. The van der Waals surface area contributed by atoms with Crippen molar-refractivity contribution in [2.24, 2.45) is 0 Å². The number of hydrogen-bond donors (Lipinski definition) is 1. The molecule has 0 atom stereocenters. The van der Waals surface area contributed by atoms with Crippen LogP contribution in [0.15, 0.2) is 24.5 Å². The molecule has 0 unspecified atom stereocenters. The molecule has 2 aromatic heterocycles. The van der Waals surface area contributed by atoms with Crippen molar-refractivity contribution in [3.63, 3.8) is 0 Å². The number of pyridine rings is 1. The van der Waals surface area contributed by atoms with Crippen molar-refractivity contribution < 1.29 is 9.90 Å². The number of carboxylic acid groups (broad SMARTS) is 1. The summed E-state index contributed by atoms with van der Waals surface area (Å²) in [5, 5.41) is 8.83. The van der Waals surface area contributed by atoms with Gasteiger partial charge in [-0.3, -0.25) is 0 Å². The fourth-order valence-electron chi connectivity index (χ4n) is 2.11. The maximum absolute atomic E-state index is 10.8. The maximum atomic E-state index is 10.8. The van der Waals surface area contributed by atoms with E-state index in [2.05, 4.69) is 17.2 Å². The van der Waals surface area contributed by atoms with Crippen LogP contribution in [0, 0.1) is 0 Å². The molecule has 1 N–H and O–H groups in total. The van der Waals surface area contributed by atoms with Crippen LogP contribution in [0.4, 0.5) is 4.79 Å². The molecule has 0 radical (unpaired) electrons. The van der Waals surface area contributed by atoms with E-state index in [1.807, 2.05) is 16.7 Å². The molecule has 1 fully saturated rings. The monoisotopic (exact) mass is 245 g/mol. The van der Waals surface area contributed by atoms with Crippen LogP contribution in [-0.4, -0.2) is 32.5 Å². The highest BCUT2D eigenvalue weighted by Gasteiger charge is 2.23. The second kappa shape index (κ2) is 4.01. The van der Waals surface area contributed by atoms with E-state index in [0.29, 0.717) is 12.5 Å². The molecule has 1 aliphatic carbocycles. The summed E-state index contributed by atoms with van der Waals surface area (Å²) in [5.74, 6) is 0.710. The zero-order valence-electron chi connectivity index (χ0n) is 10.2. The van der Waals surface area contributed by atoms with Crippen LogP contribution >= 0.6 is 0 Å². The van der Waals surface area contributed by atoms with E-state index >= 15 is 0 Å². The second-order valence-electron chi connectivity index (χ2n) is 4.87. The van der Waals surface area contributed by atoms with E-state index in [0.717, 1.165) is 11.3 Å². The molecule has 0 spiro atoms. The molecule has 0 aromatic carbocycles. The quantitative estimate of drug-likeness (QED) is 0.902. The molecule has 94 valence electrons. The Hall–Kier alpha value is -2.04. The van der Waals surface area contributed by atoms with Gasteiger partial charge in [-0.05, 0) is 30.4 Å². The molecular formula is C13H15N3O2. The number of fused-ring (bicyclic) bond motifs is 1. The molecule has 0 bridgehead atoms. The first-order valence-corrected chi connectivity index (χ1v) is 6.05. The fourth-order valence-corrected chi connectivity index (χ4v) is 2.11. The Morgan fingerprint density at radius 2 is 2.28 bits per heavy atom. The predicted octanol–water partition coefficient (Wildman–Crippen LogP) is 2.32. The Morgan fingerprint density at radius 3 is 2.94 bits per heavy atom. The fraction of sp³-hybridized carbons (Fsp3) is 0.385. The summed E-state index contributed by atoms with van der Waals surface area (Å²) in [6, 6.07) is 4.11. The summed E-state index contributed by atoms with van der Waals surface area (Å²) in [5.41, 5.74) is 2.99. The highest BCUT2D eigenvalue weighted by Crippen LogP contribution is 2.39. The molecule has 3 rings (SSSR count). The van der Waals surface area contributed by atoms with Gasteiger partial charge in [0.05, 0.1) is 12.2 Å². The average molecular weight is 245 g/mol. The zero-order valence-corrected chi connectivity index (χ0v) is 10.2. The van der Waals surface area contributed by atoms with E-state index < -0.39 is 6.09 Å². The number of rotatable bonds is 3. The normalized spacial score (nSPS) is 14.9. The highest BCUT2D eigenvalue weighted by atomic mass is 16.4. The van der Waals surface area contributed by atoms with Crippen LogP contribution in [0.5, 0.6) is 0 Å². The third-order valence-electron chi connectivity index (χ3n) is 3.30. The SMILES string of the molecule is CN(Cc1cn2cc(C3CC3)ccc2n1)C(=O)O. The number of nitrogens with zero attached hydrogens (tertiary/aromatic N) is 3. The molecule has 1 saturated carbocycles. The van der Waals surface area contributed by atoms with Crippen molar-refractivity contribution in [1.82, 2.24) is 14.3 Å². The summed E-state index contributed by atoms with van der Waals surface area (Å²) >= 11 is 0. The van der Waals surface area contributed by atoms with Gasteiger partial charge in [0.25, 0.3) is 0 Å². The lowest BCUT2D eigenvalue weighted by molar-refractivity contribution is 0.153. The Kier molecular flexibility index (Phi) is 2.47. The van der Waals surface area contributed by atoms with Gasteiger partial charge in [0.2, 0.25) is 0 Å². The summed E-state index contributed by atoms with van der Waals surface area (Å²) in [6.45, 7) is 0.315. The van der Waals surface area contributed by atoms with Gasteiger partial charge in [0.15, 0.2) is 0 Å². The molecule has 2 aromatic rings. The Balaban J connectivity index is 1.88. The summed E-state index contributed by atoms with van der Waals surface area (Å²) < 4.78 is 1.98. The van der Waals surface area contributed by atoms with Gasteiger partial charge in [-0.2, -0.15) is 0 Å². The Bertz CT molecular complexity index is 601. The summed E-state index contributed by atoms with van der Waals surface area (Å²) in [4.78, 5) is 16.4. The number of carbonyl (C=O) groups is 1. The average Bonchev–Trinajstić information content (AvgIpc) is 3.09. The predicted molar refractivity (Wildman–Crippen MR) is 66.7 cm³/mol. The van der Waals surface area contributed by atoms with Gasteiger partial charge >= 0.3 is 6.09 Å². The van der Waals surface area contributed by atoms with Gasteiger partial charge < -0.3 is 14.4 Å². The molecular weight excluding hydrogens is 230 g/mol. The smallest absolute Gasteiger partial charge is 0.407 e. The number of amides is 1. The van der Waals surface area contributed by atoms with Gasteiger partial charge in [0, 0.05) is 19.4 Å². The minimum Gasteiger partial charge on any atom is -0.465 e. The van der Waals surface area contributed by atoms with Crippen LogP contribution in [0.25, 0.3) is 5.65 Å². The Labute approximate surface area is 105 Å². The van der Waals surface area contributed by atoms with Crippen molar-refractivity contribution >= 4 is 11.7 Å². The van der Waals surface area contributed by atoms with Crippen molar-refractivity contribution in [3.8, 4) is 0 Å². The number of hydrogen-bond acceptors (Lipinski definition) is 2. The third-order valence-corrected chi connectivity index (χ3v) is 3.30. The number of aromatic nitrogens is 2. The van der Waals surface area contributed by atoms with Crippen LogP contribution in [0.1, 0.15) is 30.0 Å². The van der Waals surface area contributed by atoms with E-state index in [4.69, 9.17) is 5.11 Å². The molecule has 5 nitrogen and oxygen atoms in total. The molecule has 0 aliphatic heterocycles. The van der Waals surface area contributed by atoms with Crippen LogP contribution in [0.3, 0.4) is 0 Å². The molecule has 2 heterocycles. The first-order chi connectivity index (χ1) is 8.63. The first kappa shape index (κ1) is 11.1. The van der Waals surface area contributed by atoms with Crippen LogP contribution in [-0.2, 0) is 6.54 Å². The molecule has 5 heteroatoms. The van der Waals surface area contributed by atoms with Gasteiger partial charge in [0.1, 0.15) is 5.65 Å². The molecule has 1 amide bonds. The summed E-state index contributed by atoms with van der Waals surface area (Å²) in [7, 11) is 1.54. The molecule has 18 heavy (non-hydrogen) atoms. The van der Waals surface area contributed by atoms with Crippen LogP contribution in [0.2, 0.25) is 0 Å². The highest BCUT2D eigenvalue weighted by molar-refractivity contribution is 5.64. The molecule has 1 aliphatic rings. The van der Waals surface area contributed by atoms with Crippen molar-refractivity contribution in [3.05, 3.63) is 35.8 Å². The van der Waals surface area contributed by atoms with E-state index in [-0.39, 0.29) is 0 Å². The second-order valence-corrected chi connectivity index (χ2v) is 4.87. The van der Waals surface area contributed by atoms with Crippen molar-refractivity contribution in [2.75, 3.05) is 7.05 Å². The topological polar surface area (TPSA) is 57.8 Å². The summed E-state index contributed by atoms with van der Waals surface area (Å²) in [6.07, 6.45) is 5.61. The Morgan fingerprint density at radius 1 is 1.50 bits per heavy atom. The van der Waals surface area contributed by atoms with Gasteiger partial charge in [-0.25, -0.2) is 9.78 Å². The van der Waals surface area contributed by atoms with E-state index in [9.17, 15) is 4.79 Å². The number of imidazole rings is 1. The lowest BCUT2D eigenvalue weighted by Crippen LogP contribution is -2.23. The van der Waals surface area contributed by atoms with E-state index in [1.54, 1.807) is 7.05 Å². The lowest BCUT2D eigenvalue weighted by atomic mass is 10.2. The lowest BCUT2D eigenvalue weighted by Gasteiger charge is -2.09. The largest absolute Gasteiger partial charge is 0.465 e. The van der Waals surface area contributed by atoms with Crippen molar-refractivity contribution in [1.29, 1.82) is 0 Å². The molecule has 0 saturated heterocycles. The standard InChI is InChI=1S/C13H15N3O2/c1-15(13(17)18)7-11-8-16-6-10(9-2-3-9)4-5-12(16)14-11/h4-6,8-9H,2-3,7H2,1H3,(H,17,18). The third kappa shape index (κ3) is 2.03. The van der Waals surface area contributed by atoms with Gasteiger partial charge in [-0.1, -0.05) is 6.07 Å².